The summed E-state index contributed by atoms with van der Waals surface area (Å²) in [6.45, 7) is 2.22. The van der Waals surface area contributed by atoms with Crippen molar-refractivity contribution in [3.05, 3.63) is 40.1 Å². The van der Waals surface area contributed by atoms with Gasteiger partial charge in [-0.25, -0.2) is 18.1 Å². The summed E-state index contributed by atoms with van der Waals surface area (Å²) in [5.41, 5.74) is 6.66. The lowest BCUT2D eigenvalue weighted by molar-refractivity contribution is 0.580. The predicted molar refractivity (Wildman–Crippen MR) is 81.0 cm³/mol. The maximum Gasteiger partial charge on any atom is 0.242 e. The van der Waals surface area contributed by atoms with Crippen LogP contribution in [0.1, 0.15) is 16.3 Å². The van der Waals surface area contributed by atoms with E-state index in [2.05, 4.69) is 26.5 Å². The van der Waals surface area contributed by atoms with Crippen molar-refractivity contribution in [2.45, 2.75) is 18.4 Å². The first kappa shape index (κ1) is 15.6. The Bertz CT molecular complexity index is 788. The van der Waals surface area contributed by atoms with Crippen molar-refractivity contribution < 1.29 is 8.42 Å². The minimum Gasteiger partial charge on any atom is -0.320 e. The third kappa shape index (κ3) is 4.34. The van der Waals surface area contributed by atoms with Crippen LogP contribution in [0.2, 0.25) is 0 Å². The van der Waals surface area contributed by atoms with Crippen molar-refractivity contribution in [2.75, 3.05) is 6.54 Å². The Balaban J connectivity index is 2.15. The highest BCUT2D eigenvalue weighted by atomic mass is 32.2. The zero-order valence-electron chi connectivity index (χ0n) is 11.3. The van der Waals surface area contributed by atoms with Crippen LogP contribution in [0.3, 0.4) is 0 Å². The minimum atomic E-state index is -3.64. The monoisotopic (exact) mass is 322 g/mol. The highest BCUT2D eigenvalue weighted by Gasteiger charge is 2.15. The summed E-state index contributed by atoms with van der Waals surface area (Å²) in [7, 11) is -3.64. The van der Waals surface area contributed by atoms with E-state index in [9.17, 15) is 8.42 Å². The zero-order chi connectivity index (χ0) is 15.3. The Hall–Kier alpha value is -1.79. The molecule has 2 rings (SSSR count). The highest BCUT2D eigenvalue weighted by Crippen LogP contribution is 2.12. The van der Waals surface area contributed by atoms with Crippen LogP contribution in [-0.4, -0.2) is 24.9 Å². The van der Waals surface area contributed by atoms with Gasteiger partial charge in [0.1, 0.15) is 9.90 Å². The first-order valence-corrected chi connectivity index (χ1v) is 8.42. The number of aromatic nitrogens is 2. The van der Waals surface area contributed by atoms with Gasteiger partial charge in [0.05, 0.1) is 13.1 Å². The fourth-order valence-electron chi connectivity index (χ4n) is 1.51. The van der Waals surface area contributed by atoms with Crippen molar-refractivity contribution in [1.29, 1.82) is 0 Å². The first-order chi connectivity index (χ1) is 10.0. The quantitative estimate of drug-likeness (QED) is 0.805. The van der Waals surface area contributed by atoms with Crippen molar-refractivity contribution in [2.24, 2.45) is 5.73 Å². The van der Waals surface area contributed by atoms with Crippen LogP contribution in [0, 0.1) is 18.8 Å². The molecule has 2 aromatic heterocycles. The summed E-state index contributed by atoms with van der Waals surface area (Å²) in [6, 6.07) is 1.46. The molecule has 2 heterocycles. The van der Waals surface area contributed by atoms with E-state index < -0.39 is 10.0 Å². The second kappa shape index (κ2) is 6.78. The van der Waals surface area contributed by atoms with E-state index in [1.165, 1.54) is 29.8 Å². The van der Waals surface area contributed by atoms with Crippen LogP contribution in [0.5, 0.6) is 0 Å². The van der Waals surface area contributed by atoms with Crippen LogP contribution < -0.4 is 10.5 Å². The Morgan fingerprint density at radius 3 is 2.90 bits per heavy atom. The normalized spacial score (nSPS) is 11.0. The Labute approximate surface area is 127 Å². The smallest absolute Gasteiger partial charge is 0.242 e. The number of hydrogen-bond donors (Lipinski definition) is 2. The fraction of sp³-hybridized carbons (Fsp3) is 0.231. The lowest BCUT2D eigenvalue weighted by Gasteiger charge is -2.05. The molecule has 0 aliphatic carbocycles. The number of rotatable bonds is 4. The SMILES string of the molecule is Cc1csc(CNS(=O)(=O)c2cncc(C#CCN)c2)n1. The predicted octanol–water partition coefficient (Wildman–Crippen LogP) is 0.635. The van der Waals surface area contributed by atoms with E-state index in [0.717, 1.165) is 5.69 Å². The summed E-state index contributed by atoms with van der Waals surface area (Å²) < 4.78 is 26.9. The number of thiazole rings is 1. The first-order valence-electron chi connectivity index (χ1n) is 6.06. The van der Waals surface area contributed by atoms with Gasteiger partial charge in [-0.1, -0.05) is 11.8 Å². The summed E-state index contributed by atoms with van der Waals surface area (Å²) in [6.07, 6.45) is 2.77. The number of hydrogen-bond acceptors (Lipinski definition) is 6. The second-order valence-corrected chi connectivity index (χ2v) is 6.83. The number of sulfonamides is 1. The molecule has 0 radical (unpaired) electrons. The van der Waals surface area contributed by atoms with Gasteiger partial charge in [-0.3, -0.25) is 4.98 Å². The van der Waals surface area contributed by atoms with E-state index in [0.29, 0.717) is 10.6 Å². The number of nitrogens with zero attached hydrogens (tertiary/aromatic N) is 2. The summed E-state index contributed by atoms with van der Waals surface area (Å²) in [4.78, 5) is 8.16. The molecule has 0 unspecified atom stereocenters. The molecule has 0 bridgehead atoms. The molecule has 8 heteroatoms. The van der Waals surface area contributed by atoms with Crippen LogP contribution >= 0.6 is 11.3 Å². The van der Waals surface area contributed by atoms with Gasteiger partial charge >= 0.3 is 0 Å². The summed E-state index contributed by atoms with van der Waals surface area (Å²) in [5, 5.41) is 2.58. The van der Waals surface area contributed by atoms with Gasteiger partial charge in [-0.2, -0.15) is 0 Å². The molecule has 0 spiro atoms. The van der Waals surface area contributed by atoms with Crippen molar-refractivity contribution in [3.63, 3.8) is 0 Å². The Kier molecular flexibility index (Phi) is 5.03. The molecule has 0 amide bonds. The maximum absolute atomic E-state index is 12.2. The minimum absolute atomic E-state index is 0.0691. The zero-order valence-corrected chi connectivity index (χ0v) is 13.0. The van der Waals surface area contributed by atoms with Gasteiger partial charge in [0, 0.05) is 29.0 Å². The molecule has 0 fully saturated rings. The van der Waals surface area contributed by atoms with Gasteiger partial charge in [0.15, 0.2) is 0 Å². The maximum atomic E-state index is 12.2. The van der Waals surface area contributed by atoms with Crippen molar-refractivity contribution >= 4 is 21.4 Å². The number of nitrogens with two attached hydrogens (primary N) is 1. The highest BCUT2D eigenvalue weighted by molar-refractivity contribution is 7.89. The molecule has 21 heavy (non-hydrogen) atoms. The molecular formula is C13H14N4O2S2. The molecule has 0 aromatic carbocycles. The molecule has 0 saturated carbocycles. The molecule has 0 aliphatic rings. The molecule has 0 atom stereocenters. The number of aryl methyl sites for hydroxylation is 1. The van der Waals surface area contributed by atoms with Crippen molar-refractivity contribution in [1.82, 2.24) is 14.7 Å². The molecule has 2 aromatic rings. The van der Waals surface area contributed by atoms with E-state index in [1.807, 2.05) is 12.3 Å². The van der Waals surface area contributed by atoms with E-state index in [4.69, 9.17) is 5.73 Å². The summed E-state index contributed by atoms with van der Waals surface area (Å²) >= 11 is 1.41. The van der Waals surface area contributed by atoms with Crippen LogP contribution in [0.15, 0.2) is 28.7 Å². The molecule has 110 valence electrons. The van der Waals surface area contributed by atoms with Crippen LogP contribution in [-0.2, 0) is 16.6 Å². The van der Waals surface area contributed by atoms with E-state index >= 15 is 0 Å². The lowest BCUT2D eigenvalue weighted by Crippen LogP contribution is -2.23. The largest absolute Gasteiger partial charge is 0.320 e. The van der Waals surface area contributed by atoms with Gasteiger partial charge in [0.25, 0.3) is 0 Å². The fourth-order valence-corrected chi connectivity index (χ4v) is 3.29. The molecule has 6 nitrogen and oxygen atoms in total. The summed E-state index contributed by atoms with van der Waals surface area (Å²) in [5.74, 6) is 5.41. The van der Waals surface area contributed by atoms with Crippen LogP contribution in [0.25, 0.3) is 0 Å². The molecule has 0 aliphatic heterocycles. The van der Waals surface area contributed by atoms with Gasteiger partial charge in [0.2, 0.25) is 10.0 Å². The second-order valence-electron chi connectivity index (χ2n) is 4.12. The van der Waals surface area contributed by atoms with E-state index in [-0.39, 0.29) is 18.0 Å². The third-order valence-electron chi connectivity index (χ3n) is 2.44. The average molecular weight is 322 g/mol. The molecule has 0 saturated heterocycles. The topological polar surface area (TPSA) is 98.0 Å². The standard InChI is InChI=1S/C13H14N4O2S2/c1-10-9-20-13(17-10)8-16-21(18,19)12-5-11(3-2-4-14)6-15-7-12/h5-7,9,16H,4,8,14H2,1H3. The number of nitrogens with one attached hydrogen (secondary N) is 1. The average Bonchev–Trinajstić information content (AvgIpc) is 2.89. The Morgan fingerprint density at radius 1 is 1.43 bits per heavy atom. The third-order valence-corrected chi connectivity index (χ3v) is 4.77. The number of pyridine rings is 1. The van der Waals surface area contributed by atoms with Gasteiger partial charge in [-0.15, -0.1) is 11.3 Å². The van der Waals surface area contributed by atoms with E-state index in [1.54, 1.807) is 0 Å². The van der Waals surface area contributed by atoms with Gasteiger partial charge in [-0.05, 0) is 13.0 Å². The van der Waals surface area contributed by atoms with Gasteiger partial charge < -0.3 is 5.73 Å². The van der Waals surface area contributed by atoms with Crippen LogP contribution in [0.4, 0.5) is 0 Å². The molecule has 3 N–H and O–H groups in total. The lowest BCUT2D eigenvalue weighted by atomic mass is 10.3. The van der Waals surface area contributed by atoms with Crippen molar-refractivity contribution in [3.8, 4) is 11.8 Å². The Morgan fingerprint density at radius 2 is 2.24 bits per heavy atom. The molecular weight excluding hydrogens is 308 g/mol.